The van der Waals surface area contributed by atoms with E-state index in [2.05, 4.69) is 6.07 Å². The number of hydrogen-bond acceptors (Lipinski definition) is 3. The Morgan fingerprint density at radius 1 is 1.44 bits per heavy atom. The molecule has 2 N–H and O–H groups in total. The molecule has 5 nitrogen and oxygen atoms in total. The fourth-order valence-corrected chi connectivity index (χ4v) is 3.14. The predicted octanol–water partition coefficient (Wildman–Crippen LogP) is 0.650. The van der Waals surface area contributed by atoms with Gasteiger partial charge in [-0.2, -0.15) is 5.26 Å². The molecule has 18 heavy (non-hydrogen) atoms. The molecule has 0 aromatic heterocycles. The van der Waals surface area contributed by atoms with Crippen molar-refractivity contribution >= 4 is 11.8 Å². The molecule has 1 saturated carbocycles. The topological polar surface area (TPSA) is 87.2 Å². The summed E-state index contributed by atoms with van der Waals surface area (Å²) in [5, 5.41) is 9.24. The monoisotopic (exact) mass is 249 g/mol. The minimum absolute atomic E-state index is 0.103. The van der Waals surface area contributed by atoms with E-state index in [9.17, 15) is 14.9 Å². The predicted molar refractivity (Wildman–Crippen MR) is 64.9 cm³/mol. The van der Waals surface area contributed by atoms with Gasteiger partial charge in [0.25, 0.3) is 0 Å². The van der Waals surface area contributed by atoms with Crippen LogP contribution in [0.15, 0.2) is 0 Å². The number of nitrogens with zero attached hydrogens (tertiary/aromatic N) is 2. The number of hydrogen-bond donors (Lipinski definition) is 1. The van der Waals surface area contributed by atoms with E-state index in [1.807, 2.05) is 6.92 Å². The molecular formula is C13H19N3O2. The molecule has 1 atom stereocenters. The Bertz CT molecular complexity index is 407. The first-order valence-corrected chi connectivity index (χ1v) is 6.48. The van der Waals surface area contributed by atoms with Gasteiger partial charge in [-0.05, 0) is 31.6 Å². The Hall–Kier alpha value is -1.57. The third kappa shape index (κ3) is 2.07. The second-order valence-corrected chi connectivity index (χ2v) is 5.70. The Balaban J connectivity index is 2.05. The van der Waals surface area contributed by atoms with E-state index in [0.717, 1.165) is 12.8 Å². The standard InChI is InChI=1S/C13H19N3O2/c1-9-5-13(6-9,8-14)12(18)16-4-2-3-10(7-16)11(15)17/h9-10H,2-7H2,1H3,(H2,15,17). The summed E-state index contributed by atoms with van der Waals surface area (Å²) in [5.41, 5.74) is 4.46. The van der Waals surface area contributed by atoms with Crippen molar-refractivity contribution in [3.8, 4) is 6.07 Å². The van der Waals surface area contributed by atoms with E-state index in [4.69, 9.17) is 5.73 Å². The van der Waals surface area contributed by atoms with Gasteiger partial charge in [-0.3, -0.25) is 9.59 Å². The van der Waals surface area contributed by atoms with Crippen LogP contribution in [0.4, 0.5) is 0 Å². The van der Waals surface area contributed by atoms with Crippen LogP contribution in [0.3, 0.4) is 0 Å². The Morgan fingerprint density at radius 3 is 2.61 bits per heavy atom. The van der Waals surface area contributed by atoms with Gasteiger partial charge >= 0.3 is 0 Å². The van der Waals surface area contributed by atoms with Gasteiger partial charge in [0.2, 0.25) is 11.8 Å². The van der Waals surface area contributed by atoms with Crippen molar-refractivity contribution in [2.75, 3.05) is 13.1 Å². The van der Waals surface area contributed by atoms with Crippen molar-refractivity contribution in [2.45, 2.75) is 32.6 Å². The quantitative estimate of drug-likeness (QED) is 0.779. The molecule has 0 aromatic carbocycles. The van der Waals surface area contributed by atoms with Gasteiger partial charge in [0.15, 0.2) is 0 Å². The van der Waals surface area contributed by atoms with E-state index in [1.165, 1.54) is 0 Å². The molecular weight excluding hydrogens is 230 g/mol. The van der Waals surface area contributed by atoms with Gasteiger partial charge in [0, 0.05) is 13.1 Å². The van der Waals surface area contributed by atoms with Crippen molar-refractivity contribution in [1.82, 2.24) is 4.90 Å². The van der Waals surface area contributed by atoms with Crippen LogP contribution >= 0.6 is 0 Å². The van der Waals surface area contributed by atoms with Crippen LogP contribution in [0, 0.1) is 28.6 Å². The number of amides is 2. The molecule has 0 spiro atoms. The Labute approximate surface area is 107 Å². The Kier molecular flexibility index (Phi) is 3.29. The SMILES string of the molecule is CC1CC(C#N)(C(=O)N2CCCC(C(N)=O)C2)C1. The number of likely N-dealkylation sites (tertiary alicyclic amines) is 1. The number of nitriles is 1. The molecule has 0 aromatic rings. The maximum absolute atomic E-state index is 12.4. The average Bonchev–Trinajstić information content (AvgIpc) is 2.34. The first-order valence-electron chi connectivity index (χ1n) is 6.48. The highest BCUT2D eigenvalue weighted by molar-refractivity contribution is 5.87. The molecule has 2 rings (SSSR count). The fourth-order valence-electron chi connectivity index (χ4n) is 3.14. The van der Waals surface area contributed by atoms with Gasteiger partial charge < -0.3 is 10.6 Å². The molecule has 1 heterocycles. The van der Waals surface area contributed by atoms with Gasteiger partial charge in [-0.15, -0.1) is 0 Å². The lowest BCUT2D eigenvalue weighted by Gasteiger charge is -2.44. The zero-order chi connectivity index (χ0) is 13.3. The van der Waals surface area contributed by atoms with Crippen molar-refractivity contribution < 1.29 is 9.59 Å². The molecule has 2 aliphatic rings. The summed E-state index contributed by atoms with van der Waals surface area (Å²) >= 11 is 0. The van der Waals surface area contributed by atoms with Gasteiger partial charge in [0.1, 0.15) is 5.41 Å². The maximum Gasteiger partial charge on any atom is 0.243 e. The number of carbonyl (C=O) groups is 2. The third-order valence-corrected chi connectivity index (χ3v) is 4.13. The normalized spacial score (nSPS) is 35.4. The second kappa shape index (κ2) is 4.60. The average molecular weight is 249 g/mol. The molecule has 1 saturated heterocycles. The highest BCUT2D eigenvalue weighted by Gasteiger charge is 2.51. The molecule has 2 fully saturated rings. The van der Waals surface area contributed by atoms with Gasteiger partial charge in [-0.1, -0.05) is 6.92 Å². The second-order valence-electron chi connectivity index (χ2n) is 5.70. The lowest BCUT2D eigenvalue weighted by molar-refractivity contribution is -0.148. The zero-order valence-electron chi connectivity index (χ0n) is 10.7. The van der Waals surface area contributed by atoms with E-state index < -0.39 is 5.41 Å². The minimum atomic E-state index is -0.834. The smallest absolute Gasteiger partial charge is 0.243 e. The van der Waals surface area contributed by atoms with Crippen LogP contribution in [0.25, 0.3) is 0 Å². The lowest BCUT2D eigenvalue weighted by atomic mass is 9.62. The highest BCUT2D eigenvalue weighted by atomic mass is 16.2. The first-order chi connectivity index (χ1) is 8.48. The summed E-state index contributed by atoms with van der Waals surface area (Å²) in [7, 11) is 0. The lowest BCUT2D eigenvalue weighted by Crippen LogP contribution is -2.53. The number of nitrogens with two attached hydrogens (primary N) is 1. The number of carbonyl (C=O) groups excluding carboxylic acids is 2. The third-order valence-electron chi connectivity index (χ3n) is 4.13. The summed E-state index contributed by atoms with van der Waals surface area (Å²) < 4.78 is 0. The van der Waals surface area contributed by atoms with E-state index in [-0.39, 0.29) is 17.7 Å². The summed E-state index contributed by atoms with van der Waals surface area (Å²) in [6.45, 7) is 3.07. The van der Waals surface area contributed by atoms with E-state index >= 15 is 0 Å². The highest BCUT2D eigenvalue weighted by Crippen LogP contribution is 2.46. The van der Waals surface area contributed by atoms with Crippen LogP contribution in [0.2, 0.25) is 0 Å². The number of piperidine rings is 1. The molecule has 2 amide bonds. The molecule has 0 radical (unpaired) electrons. The number of primary amides is 1. The zero-order valence-corrected chi connectivity index (χ0v) is 10.7. The molecule has 5 heteroatoms. The molecule has 0 bridgehead atoms. The summed E-state index contributed by atoms with van der Waals surface area (Å²) in [4.78, 5) is 25.3. The van der Waals surface area contributed by atoms with Crippen molar-refractivity contribution in [3.05, 3.63) is 0 Å². The van der Waals surface area contributed by atoms with E-state index in [1.54, 1.807) is 4.90 Å². The molecule has 1 aliphatic carbocycles. The van der Waals surface area contributed by atoms with Crippen LogP contribution in [-0.2, 0) is 9.59 Å². The fraction of sp³-hybridized carbons (Fsp3) is 0.769. The minimum Gasteiger partial charge on any atom is -0.369 e. The number of rotatable bonds is 2. The largest absolute Gasteiger partial charge is 0.369 e. The van der Waals surface area contributed by atoms with Crippen molar-refractivity contribution in [1.29, 1.82) is 5.26 Å². The summed E-state index contributed by atoms with van der Waals surface area (Å²) in [5.74, 6) is -0.268. The molecule has 98 valence electrons. The van der Waals surface area contributed by atoms with Crippen LogP contribution in [0.1, 0.15) is 32.6 Å². The van der Waals surface area contributed by atoms with E-state index in [0.29, 0.717) is 31.8 Å². The summed E-state index contributed by atoms with van der Waals surface area (Å²) in [6, 6.07) is 2.18. The maximum atomic E-state index is 12.4. The van der Waals surface area contributed by atoms with Crippen molar-refractivity contribution in [3.63, 3.8) is 0 Å². The van der Waals surface area contributed by atoms with Crippen LogP contribution in [-0.4, -0.2) is 29.8 Å². The van der Waals surface area contributed by atoms with Crippen LogP contribution in [0.5, 0.6) is 0 Å². The van der Waals surface area contributed by atoms with Crippen molar-refractivity contribution in [2.24, 2.45) is 23.0 Å². The summed E-state index contributed by atoms with van der Waals surface area (Å²) in [6.07, 6.45) is 2.81. The molecule has 1 aliphatic heterocycles. The van der Waals surface area contributed by atoms with Crippen LogP contribution < -0.4 is 5.73 Å². The van der Waals surface area contributed by atoms with Gasteiger partial charge in [-0.25, -0.2) is 0 Å². The van der Waals surface area contributed by atoms with Gasteiger partial charge in [0.05, 0.1) is 12.0 Å². The Morgan fingerprint density at radius 2 is 2.11 bits per heavy atom. The molecule has 1 unspecified atom stereocenters. The first kappa shape index (κ1) is 12.9.